The van der Waals surface area contributed by atoms with Crippen molar-refractivity contribution in [2.45, 2.75) is 6.04 Å². The zero-order chi connectivity index (χ0) is 21.8. The Morgan fingerprint density at radius 2 is 1.83 bits per heavy atom. The Kier molecular flexibility index (Phi) is 6.12. The van der Waals surface area contributed by atoms with Crippen LogP contribution in [0.4, 0.5) is 11.4 Å². The summed E-state index contributed by atoms with van der Waals surface area (Å²) in [6.07, 6.45) is 0. The first kappa shape index (κ1) is 21.0. The van der Waals surface area contributed by atoms with Crippen LogP contribution < -0.4 is 10.1 Å². The summed E-state index contributed by atoms with van der Waals surface area (Å²) in [6, 6.07) is 11.9. The predicted molar refractivity (Wildman–Crippen MR) is 109 cm³/mol. The summed E-state index contributed by atoms with van der Waals surface area (Å²) < 4.78 is 5.12. The van der Waals surface area contributed by atoms with E-state index in [2.05, 4.69) is 11.9 Å². The molecule has 1 aliphatic heterocycles. The summed E-state index contributed by atoms with van der Waals surface area (Å²) >= 11 is 0. The maximum absolute atomic E-state index is 12.8. The number of hydrogen-bond donors (Lipinski definition) is 2. The second kappa shape index (κ2) is 8.75. The van der Waals surface area contributed by atoms with Crippen molar-refractivity contribution in [2.75, 3.05) is 25.6 Å². The second-order valence-corrected chi connectivity index (χ2v) is 6.74. The Bertz CT molecular complexity index is 971. The van der Waals surface area contributed by atoms with Crippen LogP contribution in [0.3, 0.4) is 0 Å². The molecule has 1 heterocycles. The van der Waals surface area contributed by atoms with Crippen molar-refractivity contribution >= 4 is 23.1 Å². The van der Waals surface area contributed by atoms with Gasteiger partial charge in [-0.2, -0.15) is 0 Å². The predicted octanol–water partition coefficient (Wildman–Crippen LogP) is 2.29. The van der Waals surface area contributed by atoms with Gasteiger partial charge in [-0.25, -0.2) is 0 Å². The molecule has 0 saturated carbocycles. The van der Waals surface area contributed by atoms with Gasteiger partial charge in [0.15, 0.2) is 0 Å². The number of amides is 1. The third-order valence-electron chi connectivity index (χ3n) is 4.96. The molecule has 1 amide bonds. The number of non-ortho nitro benzene ring substituents is 1. The van der Waals surface area contributed by atoms with Crippen LogP contribution in [0.15, 0.2) is 60.8 Å². The molecular formula is C21H21N3O6. The first-order valence-electron chi connectivity index (χ1n) is 9.17. The molecular weight excluding hydrogens is 390 g/mol. The van der Waals surface area contributed by atoms with Crippen LogP contribution in [0.5, 0.6) is 5.75 Å². The number of nitro groups is 1. The molecule has 156 valence electrons. The van der Waals surface area contributed by atoms with E-state index in [1.165, 1.54) is 29.2 Å². The highest BCUT2D eigenvalue weighted by Crippen LogP contribution is 2.40. The minimum Gasteiger partial charge on any atom is -0.497 e. The summed E-state index contributed by atoms with van der Waals surface area (Å²) in [4.78, 5) is 37.0. The largest absolute Gasteiger partial charge is 0.497 e. The van der Waals surface area contributed by atoms with E-state index in [-0.39, 0.29) is 18.8 Å². The molecule has 0 spiro atoms. The highest BCUT2D eigenvalue weighted by molar-refractivity contribution is 6.39. The second-order valence-electron chi connectivity index (χ2n) is 6.74. The fourth-order valence-corrected chi connectivity index (χ4v) is 3.52. The fourth-order valence-electron chi connectivity index (χ4n) is 3.52. The van der Waals surface area contributed by atoms with E-state index in [0.717, 1.165) is 0 Å². The number of ether oxygens (including phenoxy) is 1. The summed E-state index contributed by atoms with van der Waals surface area (Å²) in [6.45, 7) is 3.59. The lowest BCUT2D eigenvalue weighted by molar-refractivity contribution is -0.384. The van der Waals surface area contributed by atoms with Gasteiger partial charge in [0.2, 0.25) is 5.78 Å². The number of aliphatic hydroxyl groups excluding tert-OH is 1. The Balaban J connectivity index is 1.93. The van der Waals surface area contributed by atoms with Crippen LogP contribution >= 0.6 is 0 Å². The van der Waals surface area contributed by atoms with Crippen LogP contribution in [-0.4, -0.2) is 46.9 Å². The average Bonchev–Trinajstić information content (AvgIpc) is 2.99. The number of Topliss-reactive ketones (excluding diaryl/α,β-unsaturated/α-hetero) is 1. The van der Waals surface area contributed by atoms with Gasteiger partial charge in [-0.1, -0.05) is 18.7 Å². The highest BCUT2D eigenvalue weighted by atomic mass is 16.6. The number of nitrogens with one attached hydrogen (secondary N) is 1. The number of aliphatic hydroxyl groups is 1. The first-order valence-corrected chi connectivity index (χ1v) is 9.17. The highest BCUT2D eigenvalue weighted by Gasteiger charge is 2.49. The van der Waals surface area contributed by atoms with Gasteiger partial charge in [0, 0.05) is 30.1 Å². The maximum Gasteiger partial charge on any atom is 0.291 e. The Morgan fingerprint density at radius 3 is 2.37 bits per heavy atom. The third-order valence-corrected chi connectivity index (χ3v) is 4.96. The summed E-state index contributed by atoms with van der Waals surface area (Å²) in [5, 5.41) is 23.4. The SMILES string of the molecule is C=C(Nc1ccc(OC)cc1)[C@H]1C(=O)C(=O)N(CCO)[C@@H]1c1ccc([N+](=O)[O-])cc1. The van der Waals surface area contributed by atoms with Gasteiger partial charge in [-0.05, 0) is 29.8 Å². The molecule has 0 unspecified atom stereocenters. The molecule has 2 N–H and O–H groups in total. The van der Waals surface area contributed by atoms with Crippen molar-refractivity contribution in [2.24, 2.45) is 5.92 Å². The molecule has 9 heteroatoms. The van der Waals surface area contributed by atoms with Gasteiger partial charge < -0.3 is 20.1 Å². The molecule has 1 saturated heterocycles. The standard InChI is InChI=1S/C21H21N3O6/c1-13(22-15-5-9-17(30-2)10-6-15)18-19(23(11-12-25)21(27)20(18)26)14-3-7-16(8-4-14)24(28)29/h3-10,18-19,22,25H,1,11-12H2,2H3/t18-,19-/m1/s1. The van der Waals surface area contributed by atoms with Crippen molar-refractivity contribution in [1.29, 1.82) is 0 Å². The number of rotatable bonds is 8. The van der Waals surface area contributed by atoms with Gasteiger partial charge in [-0.15, -0.1) is 0 Å². The van der Waals surface area contributed by atoms with E-state index in [9.17, 15) is 24.8 Å². The minimum atomic E-state index is -0.924. The fraction of sp³-hybridized carbons (Fsp3) is 0.238. The van der Waals surface area contributed by atoms with Crippen molar-refractivity contribution in [3.05, 3.63) is 76.5 Å². The molecule has 30 heavy (non-hydrogen) atoms. The van der Waals surface area contributed by atoms with Gasteiger partial charge in [-0.3, -0.25) is 19.7 Å². The van der Waals surface area contributed by atoms with Crippen LogP contribution in [0.1, 0.15) is 11.6 Å². The van der Waals surface area contributed by atoms with Crippen molar-refractivity contribution in [3.8, 4) is 5.75 Å². The van der Waals surface area contributed by atoms with Gasteiger partial charge in [0.1, 0.15) is 5.75 Å². The van der Waals surface area contributed by atoms with Crippen LogP contribution in [0.25, 0.3) is 0 Å². The molecule has 1 fully saturated rings. The molecule has 2 aromatic rings. The molecule has 0 aliphatic carbocycles. The number of ketones is 1. The quantitative estimate of drug-likeness (QED) is 0.388. The zero-order valence-electron chi connectivity index (χ0n) is 16.3. The lowest BCUT2D eigenvalue weighted by Crippen LogP contribution is -2.32. The molecule has 9 nitrogen and oxygen atoms in total. The van der Waals surface area contributed by atoms with Crippen LogP contribution in [-0.2, 0) is 9.59 Å². The lowest BCUT2D eigenvalue weighted by atomic mass is 9.90. The summed E-state index contributed by atoms with van der Waals surface area (Å²) in [7, 11) is 1.55. The Morgan fingerprint density at radius 1 is 1.20 bits per heavy atom. The van der Waals surface area contributed by atoms with Crippen molar-refractivity contribution < 1.29 is 24.4 Å². The number of methoxy groups -OCH3 is 1. The van der Waals surface area contributed by atoms with Gasteiger partial charge >= 0.3 is 0 Å². The number of carbonyl (C=O) groups excluding carboxylic acids is 2. The van der Waals surface area contributed by atoms with Crippen LogP contribution in [0, 0.1) is 16.0 Å². The van der Waals surface area contributed by atoms with Crippen molar-refractivity contribution in [3.63, 3.8) is 0 Å². The van der Waals surface area contributed by atoms with Gasteiger partial charge in [0.05, 0.1) is 30.6 Å². The number of β-amino-alcohol motifs (C(OH)–C–C–N with tert-alkyl or cyclic N) is 1. The van der Waals surface area contributed by atoms with E-state index in [4.69, 9.17) is 4.74 Å². The molecule has 1 aliphatic rings. The van der Waals surface area contributed by atoms with E-state index in [0.29, 0.717) is 22.7 Å². The lowest BCUT2D eigenvalue weighted by Gasteiger charge is -2.28. The van der Waals surface area contributed by atoms with Crippen molar-refractivity contribution in [1.82, 2.24) is 4.90 Å². The smallest absolute Gasteiger partial charge is 0.291 e. The summed E-state index contributed by atoms with van der Waals surface area (Å²) in [5.41, 5.74) is 1.40. The number of anilines is 1. The number of carbonyl (C=O) groups is 2. The number of nitro benzene ring substituents is 1. The van der Waals surface area contributed by atoms with Crippen LogP contribution in [0.2, 0.25) is 0 Å². The van der Waals surface area contributed by atoms with E-state index in [1.54, 1.807) is 31.4 Å². The molecule has 2 atom stereocenters. The normalized spacial score (nSPS) is 18.4. The minimum absolute atomic E-state index is 0.0431. The molecule has 3 rings (SSSR count). The number of hydrogen-bond acceptors (Lipinski definition) is 7. The number of nitrogens with zero attached hydrogens (tertiary/aromatic N) is 2. The molecule has 0 aromatic heterocycles. The molecule has 0 bridgehead atoms. The Hall–Kier alpha value is -3.72. The van der Waals surface area contributed by atoms with E-state index < -0.39 is 28.6 Å². The maximum atomic E-state index is 12.8. The average molecular weight is 411 g/mol. The van der Waals surface area contributed by atoms with Gasteiger partial charge in [0.25, 0.3) is 11.6 Å². The third kappa shape index (κ3) is 4.01. The summed E-state index contributed by atoms with van der Waals surface area (Å²) in [5.74, 6) is -1.64. The van der Waals surface area contributed by atoms with E-state index in [1.807, 2.05) is 0 Å². The number of likely N-dealkylation sites (tertiary alicyclic amines) is 1. The Labute approximate surface area is 172 Å². The zero-order valence-corrected chi connectivity index (χ0v) is 16.3. The number of benzene rings is 2. The topological polar surface area (TPSA) is 122 Å². The van der Waals surface area contributed by atoms with E-state index >= 15 is 0 Å². The monoisotopic (exact) mass is 411 g/mol. The first-order chi connectivity index (χ1) is 14.4. The molecule has 0 radical (unpaired) electrons. The molecule has 2 aromatic carbocycles.